The molecule has 0 aliphatic rings. The van der Waals surface area contributed by atoms with E-state index in [9.17, 15) is 0 Å². The highest BCUT2D eigenvalue weighted by Crippen LogP contribution is 2.44. The van der Waals surface area contributed by atoms with Crippen molar-refractivity contribution in [2.24, 2.45) is 0 Å². The molecule has 0 bridgehead atoms. The molecule has 0 spiro atoms. The van der Waals surface area contributed by atoms with Gasteiger partial charge >= 0.3 is 0 Å². The summed E-state index contributed by atoms with van der Waals surface area (Å²) in [5.74, 6) is 0. The van der Waals surface area contributed by atoms with Gasteiger partial charge in [0.15, 0.2) is 0 Å². The lowest BCUT2D eigenvalue weighted by Crippen LogP contribution is -2.16. The average molecular weight is 1020 g/mol. The van der Waals surface area contributed by atoms with Crippen molar-refractivity contribution in [3.63, 3.8) is 0 Å². The number of benzene rings is 7. The SMILES string of the molecule is CC(C)(C)c1cc(-c2cc(-c3cc(S)cc(-c4cc(-c5cc(C(C)(C)C)cc(C(C)(C)C)c5)cc(-c5cc(C(C)(C)C)cc(C(C)(C)C)c5)c4)c3)cc(-c3cc(C(C)(C)C)cc(C(C)(C)C)c3)c2)cc(C(C)(C)C)c1. The van der Waals surface area contributed by atoms with E-state index in [0.717, 1.165) is 16.0 Å². The minimum atomic E-state index is -0.0213. The van der Waals surface area contributed by atoms with E-state index in [4.69, 9.17) is 12.6 Å². The fraction of sp³-hybridized carbons (Fsp3) is 0.432. The highest BCUT2D eigenvalue weighted by Gasteiger charge is 2.27. The van der Waals surface area contributed by atoms with Crippen LogP contribution < -0.4 is 0 Å². The quantitative estimate of drug-likeness (QED) is 0.158. The van der Waals surface area contributed by atoms with E-state index < -0.39 is 0 Å². The third-order valence-corrected chi connectivity index (χ3v) is 15.7. The lowest BCUT2D eigenvalue weighted by Gasteiger charge is -2.27. The van der Waals surface area contributed by atoms with Crippen LogP contribution in [0.1, 0.15) is 211 Å². The molecular formula is C74H94S. The maximum atomic E-state index is 5.27. The number of hydrogen-bond donors (Lipinski definition) is 1. The summed E-state index contributed by atoms with van der Waals surface area (Å²) in [5.41, 5.74) is 25.1. The third kappa shape index (κ3) is 13.5. The minimum absolute atomic E-state index is 0.0213. The average Bonchev–Trinajstić information content (AvgIpc) is 3.28. The molecule has 0 aliphatic heterocycles. The van der Waals surface area contributed by atoms with Gasteiger partial charge in [0, 0.05) is 4.90 Å². The predicted octanol–water partition coefficient (Wildman–Crippen LogP) is 22.4. The molecule has 0 atom stereocenters. The smallest absolute Gasteiger partial charge is 0.00523 e. The van der Waals surface area contributed by atoms with E-state index in [-0.39, 0.29) is 43.3 Å². The summed E-state index contributed by atoms with van der Waals surface area (Å²) < 4.78 is 0. The minimum Gasteiger partial charge on any atom is -0.143 e. The van der Waals surface area contributed by atoms with Gasteiger partial charge in [-0.05, 0) is 209 Å². The largest absolute Gasteiger partial charge is 0.143 e. The standard InChI is InChI=1S/C74H94S/c1-67(2,3)58-32-54(33-59(42-58)68(4,5)6)48-25-46(26-49(29-48)55-34-60(69(7,8)9)43-61(35-55)70(10,11)12)52-31-53(41-66(75)40-52)47-27-50(56-36-62(71(13,14)15)44-63(37-56)72(16,17)18)30-51(28-47)57-38-64(73(19,20)21)45-65(39-57)74(22,23)24/h25-45,75H,1-24H3. The van der Waals surface area contributed by atoms with Crippen LogP contribution in [0.15, 0.2) is 132 Å². The van der Waals surface area contributed by atoms with Gasteiger partial charge in [0.1, 0.15) is 0 Å². The molecule has 1 heteroatoms. The second-order valence-corrected chi connectivity index (χ2v) is 31.1. The summed E-state index contributed by atoms with van der Waals surface area (Å²) in [4.78, 5) is 0.936. The van der Waals surface area contributed by atoms with Crippen molar-refractivity contribution < 1.29 is 0 Å². The molecule has 0 nitrogen and oxygen atoms in total. The van der Waals surface area contributed by atoms with E-state index in [1.165, 1.54) is 100 Å². The molecule has 396 valence electrons. The van der Waals surface area contributed by atoms with Gasteiger partial charge in [0.25, 0.3) is 0 Å². The Labute approximate surface area is 463 Å². The molecule has 7 aromatic carbocycles. The van der Waals surface area contributed by atoms with Crippen LogP contribution in [0.5, 0.6) is 0 Å². The monoisotopic (exact) mass is 1010 g/mol. The topological polar surface area (TPSA) is 0 Å². The maximum Gasteiger partial charge on any atom is 0.00523 e. The number of rotatable bonds is 6. The normalized spacial score (nSPS) is 13.4. The molecular weight excluding hydrogens is 921 g/mol. The van der Waals surface area contributed by atoms with Crippen LogP contribution in [-0.4, -0.2) is 0 Å². The van der Waals surface area contributed by atoms with Gasteiger partial charge in [-0.1, -0.05) is 239 Å². The molecule has 0 unspecified atom stereocenters. The first-order valence-corrected chi connectivity index (χ1v) is 28.3. The van der Waals surface area contributed by atoms with Gasteiger partial charge in [-0.15, -0.1) is 12.6 Å². The van der Waals surface area contributed by atoms with Gasteiger partial charge in [0.2, 0.25) is 0 Å². The fourth-order valence-electron chi connectivity index (χ4n) is 9.84. The van der Waals surface area contributed by atoms with Gasteiger partial charge in [-0.2, -0.15) is 0 Å². The lowest BCUT2D eigenvalue weighted by atomic mass is 9.77. The Morgan fingerprint density at radius 1 is 0.160 bits per heavy atom. The van der Waals surface area contributed by atoms with Crippen molar-refractivity contribution in [1.82, 2.24) is 0 Å². The summed E-state index contributed by atoms with van der Waals surface area (Å²) in [7, 11) is 0. The van der Waals surface area contributed by atoms with E-state index in [0.29, 0.717) is 0 Å². The van der Waals surface area contributed by atoms with Gasteiger partial charge in [-0.3, -0.25) is 0 Å². The first-order valence-electron chi connectivity index (χ1n) is 27.8. The summed E-state index contributed by atoms with van der Waals surface area (Å²) >= 11 is 5.27. The maximum absolute atomic E-state index is 5.27. The molecule has 0 aliphatic carbocycles. The first kappa shape index (κ1) is 57.6. The summed E-state index contributed by atoms with van der Waals surface area (Å²) in [6.45, 7) is 56.1. The summed E-state index contributed by atoms with van der Waals surface area (Å²) in [6.07, 6.45) is 0. The molecule has 0 saturated heterocycles. The Morgan fingerprint density at radius 2 is 0.267 bits per heavy atom. The van der Waals surface area contributed by atoms with E-state index in [2.05, 4.69) is 294 Å². The van der Waals surface area contributed by atoms with Crippen molar-refractivity contribution in [1.29, 1.82) is 0 Å². The van der Waals surface area contributed by atoms with E-state index in [1.54, 1.807) is 0 Å². The van der Waals surface area contributed by atoms with Crippen LogP contribution in [0.4, 0.5) is 0 Å². The fourth-order valence-corrected chi connectivity index (χ4v) is 10.1. The zero-order valence-corrected chi connectivity index (χ0v) is 52.0. The lowest BCUT2D eigenvalue weighted by molar-refractivity contribution is 0.568. The zero-order valence-electron chi connectivity index (χ0n) is 51.1. The predicted molar refractivity (Wildman–Crippen MR) is 336 cm³/mol. The van der Waals surface area contributed by atoms with Crippen molar-refractivity contribution in [2.45, 2.75) is 214 Å². The number of thiol groups is 1. The van der Waals surface area contributed by atoms with Gasteiger partial charge in [-0.25, -0.2) is 0 Å². The highest BCUT2D eigenvalue weighted by molar-refractivity contribution is 7.80. The van der Waals surface area contributed by atoms with Crippen LogP contribution in [0, 0.1) is 0 Å². The highest BCUT2D eigenvalue weighted by atomic mass is 32.1. The molecule has 7 aromatic rings. The molecule has 0 saturated carbocycles. The molecule has 0 N–H and O–H groups in total. The van der Waals surface area contributed by atoms with Crippen molar-refractivity contribution in [2.75, 3.05) is 0 Å². The Morgan fingerprint density at radius 3 is 0.387 bits per heavy atom. The molecule has 0 fully saturated rings. The molecule has 0 amide bonds. The summed E-state index contributed by atoms with van der Waals surface area (Å²) in [5, 5.41) is 0. The van der Waals surface area contributed by atoms with Gasteiger partial charge < -0.3 is 0 Å². The second kappa shape index (κ2) is 19.7. The Hall–Kier alpha value is -5.11. The molecule has 7 rings (SSSR count). The van der Waals surface area contributed by atoms with Crippen molar-refractivity contribution >= 4 is 12.6 Å². The van der Waals surface area contributed by atoms with Crippen LogP contribution in [0.2, 0.25) is 0 Å². The van der Waals surface area contributed by atoms with Crippen molar-refractivity contribution in [3.8, 4) is 66.8 Å². The number of hydrogen-bond acceptors (Lipinski definition) is 1. The van der Waals surface area contributed by atoms with Crippen LogP contribution in [-0.2, 0) is 43.3 Å². The first-order chi connectivity index (χ1) is 34.0. The van der Waals surface area contributed by atoms with E-state index >= 15 is 0 Å². The Kier molecular flexibility index (Phi) is 15.1. The molecule has 0 radical (unpaired) electrons. The van der Waals surface area contributed by atoms with Gasteiger partial charge in [0.05, 0.1) is 0 Å². The molecule has 0 heterocycles. The zero-order chi connectivity index (χ0) is 56.0. The van der Waals surface area contributed by atoms with Crippen LogP contribution >= 0.6 is 12.6 Å². The third-order valence-electron chi connectivity index (χ3n) is 15.4. The van der Waals surface area contributed by atoms with Crippen molar-refractivity contribution in [3.05, 3.63) is 172 Å². The molecule has 75 heavy (non-hydrogen) atoms. The molecule has 0 aromatic heterocycles. The van der Waals surface area contributed by atoms with Crippen LogP contribution in [0.3, 0.4) is 0 Å². The Bertz CT molecular complexity index is 2720. The van der Waals surface area contributed by atoms with E-state index in [1.807, 2.05) is 0 Å². The van der Waals surface area contributed by atoms with Crippen LogP contribution in [0.25, 0.3) is 66.8 Å². The summed E-state index contributed by atoms with van der Waals surface area (Å²) in [6, 6.07) is 50.8. The Balaban J connectivity index is 1.56. The second-order valence-electron chi connectivity index (χ2n) is 30.6.